The number of hydrogen-bond donors (Lipinski definition) is 2. The van der Waals surface area contributed by atoms with E-state index < -0.39 is 0 Å². The van der Waals surface area contributed by atoms with Crippen LogP contribution in [-0.4, -0.2) is 40.6 Å². The van der Waals surface area contributed by atoms with Gasteiger partial charge < -0.3 is 10.4 Å². The van der Waals surface area contributed by atoms with E-state index in [0.29, 0.717) is 11.7 Å². The van der Waals surface area contributed by atoms with Gasteiger partial charge in [0.2, 0.25) is 5.91 Å². The summed E-state index contributed by atoms with van der Waals surface area (Å²) >= 11 is 1.40. The molecule has 0 radical (unpaired) electrons. The standard InChI is InChI=1S/C16H19N3O2S/c20-9-8-19(11-15(21)18-16-17-7-10-22-16)14-6-5-12-3-1-2-4-13(12)14/h1-4,7,10,14,20H,5-6,8-9,11H2,(H,17,18,21). The number of fused-ring (bicyclic) bond motifs is 1. The van der Waals surface area contributed by atoms with Gasteiger partial charge in [-0.2, -0.15) is 0 Å². The first kappa shape index (κ1) is 15.1. The van der Waals surface area contributed by atoms with Crippen LogP contribution in [0.5, 0.6) is 0 Å². The van der Waals surface area contributed by atoms with Gasteiger partial charge in [0, 0.05) is 24.2 Å². The molecule has 3 rings (SSSR count). The Balaban J connectivity index is 1.69. The zero-order valence-electron chi connectivity index (χ0n) is 12.2. The van der Waals surface area contributed by atoms with E-state index >= 15 is 0 Å². The lowest BCUT2D eigenvalue weighted by atomic mass is 10.1. The Hall–Kier alpha value is -1.76. The predicted octanol–water partition coefficient (Wildman–Crippen LogP) is 2.06. The lowest BCUT2D eigenvalue weighted by molar-refractivity contribution is -0.118. The second-order valence-corrected chi connectivity index (χ2v) is 6.23. The third-order valence-corrected chi connectivity index (χ3v) is 4.64. The number of amides is 1. The van der Waals surface area contributed by atoms with Gasteiger partial charge in [0.1, 0.15) is 0 Å². The molecule has 0 saturated heterocycles. The van der Waals surface area contributed by atoms with Gasteiger partial charge in [-0.25, -0.2) is 4.98 Å². The van der Waals surface area contributed by atoms with Gasteiger partial charge in [-0.05, 0) is 24.0 Å². The van der Waals surface area contributed by atoms with Gasteiger partial charge in [0.05, 0.1) is 13.2 Å². The quantitative estimate of drug-likeness (QED) is 0.856. The normalized spacial score (nSPS) is 16.7. The summed E-state index contributed by atoms with van der Waals surface area (Å²) in [6.07, 6.45) is 3.68. The van der Waals surface area contributed by atoms with Crippen molar-refractivity contribution in [1.82, 2.24) is 9.88 Å². The van der Waals surface area contributed by atoms with Crippen molar-refractivity contribution in [2.75, 3.05) is 25.0 Å². The van der Waals surface area contributed by atoms with Crippen molar-refractivity contribution in [2.45, 2.75) is 18.9 Å². The summed E-state index contributed by atoms with van der Waals surface area (Å²) in [5.41, 5.74) is 2.62. The maximum Gasteiger partial charge on any atom is 0.240 e. The van der Waals surface area contributed by atoms with Crippen molar-refractivity contribution in [3.05, 3.63) is 47.0 Å². The highest BCUT2D eigenvalue weighted by Crippen LogP contribution is 2.35. The second-order valence-electron chi connectivity index (χ2n) is 5.33. The van der Waals surface area contributed by atoms with Gasteiger partial charge in [-0.1, -0.05) is 24.3 Å². The van der Waals surface area contributed by atoms with E-state index in [2.05, 4.69) is 27.3 Å². The number of aliphatic hydroxyl groups is 1. The number of hydrogen-bond acceptors (Lipinski definition) is 5. The highest BCUT2D eigenvalue weighted by atomic mass is 32.1. The molecule has 0 saturated carbocycles. The Morgan fingerprint density at radius 2 is 2.32 bits per heavy atom. The van der Waals surface area contributed by atoms with Gasteiger partial charge in [0.25, 0.3) is 0 Å². The summed E-state index contributed by atoms with van der Waals surface area (Å²) in [5, 5.41) is 14.6. The summed E-state index contributed by atoms with van der Waals surface area (Å²) in [7, 11) is 0. The molecule has 0 aliphatic heterocycles. The number of nitrogens with one attached hydrogen (secondary N) is 1. The summed E-state index contributed by atoms with van der Waals surface area (Å²) in [4.78, 5) is 18.3. The third-order valence-electron chi connectivity index (χ3n) is 3.95. The number of aryl methyl sites for hydroxylation is 1. The molecule has 1 aliphatic rings. The summed E-state index contributed by atoms with van der Waals surface area (Å²) in [6, 6.07) is 8.54. The number of aliphatic hydroxyl groups excluding tert-OH is 1. The van der Waals surface area contributed by atoms with Crippen LogP contribution in [0.2, 0.25) is 0 Å². The van der Waals surface area contributed by atoms with Crippen molar-refractivity contribution in [2.24, 2.45) is 0 Å². The minimum absolute atomic E-state index is 0.0448. The van der Waals surface area contributed by atoms with Crippen LogP contribution in [0.3, 0.4) is 0 Å². The molecule has 0 bridgehead atoms. The van der Waals surface area contributed by atoms with Gasteiger partial charge in [0.15, 0.2) is 5.13 Å². The lowest BCUT2D eigenvalue weighted by Crippen LogP contribution is -2.37. The molecule has 0 fully saturated rings. The van der Waals surface area contributed by atoms with Crippen LogP contribution in [0.15, 0.2) is 35.8 Å². The average molecular weight is 317 g/mol. The molecule has 116 valence electrons. The molecular weight excluding hydrogens is 298 g/mol. The number of aromatic nitrogens is 1. The number of anilines is 1. The Morgan fingerprint density at radius 1 is 1.45 bits per heavy atom. The molecule has 1 atom stereocenters. The maximum absolute atomic E-state index is 12.2. The second kappa shape index (κ2) is 7.00. The zero-order chi connectivity index (χ0) is 15.4. The van der Waals surface area contributed by atoms with E-state index in [1.54, 1.807) is 6.20 Å². The van der Waals surface area contributed by atoms with E-state index in [0.717, 1.165) is 12.8 Å². The van der Waals surface area contributed by atoms with Gasteiger partial charge in [-0.3, -0.25) is 9.69 Å². The van der Waals surface area contributed by atoms with Crippen LogP contribution in [0.1, 0.15) is 23.6 Å². The number of rotatable bonds is 6. The minimum atomic E-state index is -0.0900. The largest absolute Gasteiger partial charge is 0.395 e. The van der Waals surface area contributed by atoms with E-state index in [4.69, 9.17) is 0 Å². The van der Waals surface area contributed by atoms with Crippen LogP contribution in [0.4, 0.5) is 5.13 Å². The zero-order valence-corrected chi connectivity index (χ0v) is 13.1. The van der Waals surface area contributed by atoms with Crippen molar-refractivity contribution < 1.29 is 9.90 Å². The average Bonchev–Trinajstić information content (AvgIpc) is 3.16. The molecular formula is C16H19N3O2S. The van der Waals surface area contributed by atoms with E-state index in [1.165, 1.54) is 22.5 Å². The Morgan fingerprint density at radius 3 is 3.09 bits per heavy atom. The molecule has 5 nitrogen and oxygen atoms in total. The first-order chi connectivity index (χ1) is 10.8. The van der Waals surface area contributed by atoms with Crippen molar-refractivity contribution in [3.8, 4) is 0 Å². The van der Waals surface area contributed by atoms with Crippen LogP contribution >= 0.6 is 11.3 Å². The van der Waals surface area contributed by atoms with Gasteiger partial charge >= 0.3 is 0 Å². The minimum Gasteiger partial charge on any atom is -0.395 e. The third kappa shape index (κ3) is 3.35. The maximum atomic E-state index is 12.2. The SMILES string of the molecule is O=C(CN(CCO)C1CCc2ccccc21)Nc1nccs1. The fourth-order valence-corrected chi connectivity index (χ4v) is 3.56. The first-order valence-electron chi connectivity index (χ1n) is 7.40. The molecule has 0 spiro atoms. The number of thiazole rings is 1. The number of carbonyl (C=O) groups excluding carboxylic acids is 1. The van der Waals surface area contributed by atoms with Crippen molar-refractivity contribution in [3.63, 3.8) is 0 Å². The van der Waals surface area contributed by atoms with Crippen LogP contribution in [-0.2, 0) is 11.2 Å². The van der Waals surface area contributed by atoms with E-state index in [1.807, 2.05) is 17.5 Å². The fraction of sp³-hybridized carbons (Fsp3) is 0.375. The van der Waals surface area contributed by atoms with E-state index in [9.17, 15) is 9.90 Å². The van der Waals surface area contributed by atoms with Crippen LogP contribution < -0.4 is 5.32 Å². The summed E-state index contributed by atoms with van der Waals surface area (Å²) < 4.78 is 0. The van der Waals surface area contributed by atoms with Crippen molar-refractivity contribution in [1.29, 1.82) is 0 Å². The Bertz CT molecular complexity index is 630. The number of nitrogens with zero attached hydrogens (tertiary/aromatic N) is 2. The molecule has 6 heteroatoms. The monoisotopic (exact) mass is 317 g/mol. The predicted molar refractivity (Wildman–Crippen MR) is 86.9 cm³/mol. The smallest absolute Gasteiger partial charge is 0.240 e. The highest BCUT2D eigenvalue weighted by Gasteiger charge is 2.28. The molecule has 1 amide bonds. The molecule has 1 aliphatic carbocycles. The number of benzene rings is 1. The Labute approximate surface area is 133 Å². The Kier molecular flexibility index (Phi) is 4.82. The summed E-state index contributed by atoms with van der Waals surface area (Å²) in [5.74, 6) is -0.0900. The van der Waals surface area contributed by atoms with Crippen LogP contribution in [0.25, 0.3) is 0 Å². The van der Waals surface area contributed by atoms with Crippen molar-refractivity contribution >= 4 is 22.4 Å². The molecule has 1 unspecified atom stereocenters. The molecule has 2 N–H and O–H groups in total. The van der Waals surface area contributed by atoms with Crippen LogP contribution in [0, 0.1) is 0 Å². The molecule has 2 aromatic rings. The topological polar surface area (TPSA) is 65.5 Å². The number of carbonyl (C=O) groups is 1. The molecule has 22 heavy (non-hydrogen) atoms. The van der Waals surface area contributed by atoms with E-state index in [-0.39, 0.29) is 25.1 Å². The summed E-state index contributed by atoms with van der Waals surface area (Å²) in [6.45, 7) is 0.798. The highest BCUT2D eigenvalue weighted by molar-refractivity contribution is 7.13. The fourth-order valence-electron chi connectivity index (χ4n) is 3.02. The molecule has 1 heterocycles. The molecule has 1 aromatic carbocycles. The lowest BCUT2D eigenvalue weighted by Gasteiger charge is -2.28. The first-order valence-corrected chi connectivity index (χ1v) is 8.28. The van der Waals surface area contributed by atoms with Gasteiger partial charge in [-0.15, -0.1) is 11.3 Å². The molecule has 1 aromatic heterocycles.